The summed E-state index contributed by atoms with van der Waals surface area (Å²) in [5.41, 5.74) is 1.68. The van der Waals surface area contributed by atoms with Gasteiger partial charge in [-0.25, -0.2) is 8.42 Å². The first kappa shape index (κ1) is 27.6. The van der Waals surface area contributed by atoms with Gasteiger partial charge in [-0.3, -0.25) is 9.59 Å². The Balaban J connectivity index is 1.91. The lowest BCUT2D eigenvalue weighted by molar-refractivity contribution is -0.141. The van der Waals surface area contributed by atoms with Crippen LogP contribution in [0.3, 0.4) is 0 Å². The van der Waals surface area contributed by atoms with Gasteiger partial charge in [-0.05, 0) is 36.1 Å². The quantitative estimate of drug-likeness (QED) is 0.461. The van der Waals surface area contributed by atoms with Gasteiger partial charge in [0.25, 0.3) is 0 Å². The summed E-state index contributed by atoms with van der Waals surface area (Å²) in [6, 6.07) is 15.8. The van der Waals surface area contributed by atoms with E-state index in [9.17, 15) is 18.0 Å². The summed E-state index contributed by atoms with van der Waals surface area (Å²) >= 11 is 0. The zero-order valence-corrected chi connectivity index (χ0v) is 21.9. The van der Waals surface area contributed by atoms with Crippen molar-refractivity contribution in [2.75, 3.05) is 40.1 Å². The van der Waals surface area contributed by atoms with E-state index in [0.717, 1.165) is 34.5 Å². The van der Waals surface area contributed by atoms with E-state index in [-0.39, 0.29) is 31.5 Å². The number of hydrogen-bond donors (Lipinski definition) is 1. The van der Waals surface area contributed by atoms with E-state index >= 15 is 0 Å². The van der Waals surface area contributed by atoms with E-state index in [0.29, 0.717) is 18.9 Å². The van der Waals surface area contributed by atoms with Crippen LogP contribution in [0.4, 0.5) is 0 Å². The van der Waals surface area contributed by atoms with Crippen LogP contribution in [-0.2, 0) is 37.3 Å². The van der Waals surface area contributed by atoms with Crippen molar-refractivity contribution < 1.29 is 27.5 Å². The number of sulfonamides is 1. The van der Waals surface area contributed by atoms with Crippen molar-refractivity contribution >= 4 is 21.8 Å². The van der Waals surface area contributed by atoms with E-state index in [1.165, 1.54) is 11.9 Å². The molecule has 0 unspecified atom stereocenters. The molecular weight excluding hydrogens is 482 g/mol. The maximum atomic E-state index is 13.5. The van der Waals surface area contributed by atoms with Crippen molar-refractivity contribution in [3.8, 4) is 5.75 Å². The van der Waals surface area contributed by atoms with Gasteiger partial charge in [-0.2, -0.15) is 4.31 Å². The molecule has 2 atom stereocenters. The Morgan fingerprint density at radius 3 is 2.39 bits per heavy atom. The lowest BCUT2D eigenvalue weighted by Gasteiger charge is -2.32. The second-order valence-electron chi connectivity index (χ2n) is 8.97. The molecule has 36 heavy (non-hydrogen) atoms. The average Bonchev–Trinajstić information content (AvgIpc) is 3.39. The zero-order valence-electron chi connectivity index (χ0n) is 21.1. The number of benzene rings is 2. The number of amides is 2. The fraction of sp³-hybridized carbons (Fsp3) is 0.462. The number of nitrogens with zero attached hydrogens (tertiary/aromatic N) is 2. The molecule has 0 aromatic heterocycles. The molecule has 1 saturated heterocycles. The Bertz CT molecular complexity index is 1100. The van der Waals surface area contributed by atoms with Gasteiger partial charge in [0.1, 0.15) is 11.8 Å². The summed E-state index contributed by atoms with van der Waals surface area (Å²) in [5, 5.41) is 2.96. The first-order valence-electron chi connectivity index (χ1n) is 11.9. The number of methoxy groups -OCH3 is 1. The first-order valence-corrected chi connectivity index (χ1v) is 13.8. The molecule has 0 bridgehead atoms. The number of likely N-dealkylation sites (N-methyl/N-ethyl adjacent to an activating group) is 1. The minimum atomic E-state index is -3.59. The van der Waals surface area contributed by atoms with Crippen molar-refractivity contribution in [1.29, 1.82) is 0 Å². The highest BCUT2D eigenvalue weighted by atomic mass is 32.2. The molecule has 10 heteroatoms. The SMILES string of the molecule is COc1ccc(CN(C(=O)CN(C)S(C)(=O)=O)[C@H](Cc2ccccc2)C(=O)NC[C@@H]2CCCO2)cc1. The van der Waals surface area contributed by atoms with Crippen molar-refractivity contribution in [3.63, 3.8) is 0 Å². The van der Waals surface area contributed by atoms with Crippen LogP contribution in [0.2, 0.25) is 0 Å². The van der Waals surface area contributed by atoms with Crippen LogP contribution in [0, 0.1) is 0 Å². The van der Waals surface area contributed by atoms with Crippen molar-refractivity contribution in [2.24, 2.45) is 0 Å². The Hall–Kier alpha value is -2.95. The third kappa shape index (κ3) is 8.04. The van der Waals surface area contributed by atoms with E-state index in [1.807, 2.05) is 42.5 Å². The lowest BCUT2D eigenvalue weighted by Crippen LogP contribution is -2.53. The molecule has 1 fully saturated rings. The molecule has 2 aromatic carbocycles. The molecule has 1 aliphatic rings. The van der Waals surface area contributed by atoms with Gasteiger partial charge < -0.3 is 19.7 Å². The highest BCUT2D eigenvalue weighted by molar-refractivity contribution is 7.88. The maximum Gasteiger partial charge on any atom is 0.243 e. The van der Waals surface area contributed by atoms with Crippen LogP contribution >= 0.6 is 0 Å². The smallest absolute Gasteiger partial charge is 0.243 e. The minimum Gasteiger partial charge on any atom is -0.497 e. The van der Waals surface area contributed by atoms with Gasteiger partial charge in [0, 0.05) is 33.2 Å². The first-order chi connectivity index (χ1) is 17.2. The van der Waals surface area contributed by atoms with Crippen molar-refractivity contribution in [1.82, 2.24) is 14.5 Å². The Kier molecular flexibility index (Phi) is 9.86. The van der Waals surface area contributed by atoms with Crippen LogP contribution in [0.15, 0.2) is 54.6 Å². The van der Waals surface area contributed by atoms with E-state index in [4.69, 9.17) is 9.47 Å². The molecular formula is C26H35N3O6S. The summed E-state index contributed by atoms with van der Waals surface area (Å²) in [6.07, 6.45) is 3.10. The summed E-state index contributed by atoms with van der Waals surface area (Å²) in [7, 11) is -0.668. The molecule has 0 spiro atoms. The number of nitrogens with one attached hydrogen (secondary N) is 1. The number of hydrogen-bond acceptors (Lipinski definition) is 6. The largest absolute Gasteiger partial charge is 0.497 e. The second-order valence-corrected chi connectivity index (χ2v) is 11.1. The van der Waals surface area contributed by atoms with E-state index < -0.39 is 22.0 Å². The number of rotatable bonds is 12. The molecule has 3 rings (SSSR count). The second kappa shape index (κ2) is 12.8. The molecule has 0 saturated carbocycles. The fourth-order valence-electron chi connectivity index (χ4n) is 4.02. The molecule has 1 aliphatic heterocycles. The number of ether oxygens (including phenoxy) is 2. The van der Waals surface area contributed by atoms with Gasteiger partial charge >= 0.3 is 0 Å². The maximum absolute atomic E-state index is 13.5. The van der Waals surface area contributed by atoms with Crippen molar-refractivity contribution in [3.05, 3.63) is 65.7 Å². The Labute approximate surface area is 213 Å². The highest BCUT2D eigenvalue weighted by Gasteiger charge is 2.32. The monoisotopic (exact) mass is 517 g/mol. The third-order valence-electron chi connectivity index (χ3n) is 6.24. The topological polar surface area (TPSA) is 105 Å². The minimum absolute atomic E-state index is 0.0477. The van der Waals surface area contributed by atoms with Gasteiger partial charge in [-0.15, -0.1) is 0 Å². The predicted molar refractivity (Wildman–Crippen MR) is 137 cm³/mol. The fourth-order valence-corrected chi connectivity index (χ4v) is 4.36. The Morgan fingerprint density at radius 2 is 1.81 bits per heavy atom. The normalized spacial score (nSPS) is 16.5. The summed E-state index contributed by atoms with van der Waals surface area (Å²) in [5.74, 6) is -0.103. The van der Waals surface area contributed by atoms with Crippen molar-refractivity contribution in [2.45, 2.75) is 38.0 Å². The summed E-state index contributed by atoms with van der Waals surface area (Å²) < 4.78 is 35.9. The van der Waals surface area contributed by atoms with Gasteiger partial charge in [0.05, 0.1) is 26.0 Å². The molecule has 2 aromatic rings. The standard InChI is InChI=1S/C26H35N3O6S/c1-28(36(3,32)33)19-25(30)29(18-21-11-13-22(34-2)14-12-21)24(16-20-8-5-4-6-9-20)26(31)27-17-23-10-7-15-35-23/h4-6,8-9,11-14,23-24H,7,10,15-19H2,1-3H3,(H,27,31)/t23-,24+/m0/s1. The van der Waals surface area contributed by atoms with Crippen LogP contribution in [-0.4, -0.2) is 81.7 Å². The summed E-state index contributed by atoms with van der Waals surface area (Å²) in [4.78, 5) is 28.5. The molecule has 0 aliphatic carbocycles. The van der Waals surface area contributed by atoms with Crippen LogP contribution in [0.25, 0.3) is 0 Å². The van der Waals surface area contributed by atoms with Crippen LogP contribution in [0.5, 0.6) is 5.75 Å². The third-order valence-corrected chi connectivity index (χ3v) is 7.50. The lowest BCUT2D eigenvalue weighted by atomic mass is 10.0. The predicted octanol–water partition coefficient (Wildman–Crippen LogP) is 1.82. The average molecular weight is 518 g/mol. The molecule has 9 nitrogen and oxygen atoms in total. The van der Waals surface area contributed by atoms with Gasteiger partial charge in [0.15, 0.2) is 0 Å². The van der Waals surface area contributed by atoms with Gasteiger partial charge in [-0.1, -0.05) is 42.5 Å². The van der Waals surface area contributed by atoms with Crippen LogP contribution in [0.1, 0.15) is 24.0 Å². The van der Waals surface area contributed by atoms with E-state index in [2.05, 4.69) is 5.32 Å². The van der Waals surface area contributed by atoms with Gasteiger partial charge in [0.2, 0.25) is 21.8 Å². The number of carbonyl (C=O) groups is 2. The molecule has 2 amide bonds. The molecule has 1 heterocycles. The van der Waals surface area contributed by atoms with Crippen LogP contribution < -0.4 is 10.1 Å². The van der Waals surface area contributed by atoms with E-state index in [1.54, 1.807) is 19.2 Å². The Morgan fingerprint density at radius 1 is 1.11 bits per heavy atom. The molecule has 1 N–H and O–H groups in total. The molecule has 0 radical (unpaired) electrons. The molecule has 196 valence electrons. The summed E-state index contributed by atoms with van der Waals surface area (Å²) in [6.45, 7) is 0.788. The number of carbonyl (C=O) groups excluding carboxylic acids is 2. The zero-order chi connectivity index (χ0) is 26.1. The highest BCUT2D eigenvalue weighted by Crippen LogP contribution is 2.18.